The highest BCUT2D eigenvalue weighted by Gasteiger charge is 2.47. The van der Waals surface area contributed by atoms with Gasteiger partial charge in [-0.15, -0.1) is 10.2 Å². The fraction of sp³-hybridized carbons (Fsp3) is 0.571. The van der Waals surface area contributed by atoms with E-state index in [1.807, 2.05) is 0 Å². The molecule has 0 aliphatic carbocycles. The van der Waals surface area contributed by atoms with Gasteiger partial charge in [0.15, 0.2) is 5.82 Å². The van der Waals surface area contributed by atoms with Crippen LogP contribution in [0.1, 0.15) is 11.6 Å². The van der Waals surface area contributed by atoms with E-state index in [1.165, 1.54) is 0 Å². The predicted octanol–water partition coefficient (Wildman–Crippen LogP) is -0.0153. The van der Waals surface area contributed by atoms with Crippen LogP contribution in [0.3, 0.4) is 0 Å². The van der Waals surface area contributed by atoms with Crippen molar-refractivity contribution in [2.24, 2.45) is 0 Å². The number of nitrogens with zero attached hydrogens (tertiary/aromatic N) is 3. The third kappa shape index (κ3) is 1.46. The molecule has 0 fully saturated rings. The van der Waals surface area contributed by atoms with Crippen molar-refractivity contribution in [3.8, 4) is 0 Å². The first-order valence-electron chi connectivity index (χ1n) is 4.15. The van der Waals surface area contributed by atoms with E-state index in [2.05, 4.69) is 10.2 Å². The second-order valence-electron chi connectivity index (χ2n) is 3.02. The van der Waals surface area contributed by atoms with Gasteiger partial charge in [-0.1, -0.05) is 0 Å². The highest BCUT2D eigenvalue weighted by atomic mass is 19.3. The van der Waals surface area contributed by atoms with Crippen molar-refractivity contribution in [1.29, 1.82) is 0 Å². The van der Waals surface area contributed by atoms with Crippen molar-refractivity contribution in [3.05, 3.63) is 11.6 Å². The Labute approximate surface area is 82.5 Å². The average molecular weight is 219 g/mol. The lowest BCUT2D eigenvalue weighted by Gasteiger charge is -2.17. The molecule has 0 amide bonds. The molecule has 0 radical (unpaired) electrons. The van der Waals surface area contributed by atoms with E-state index in [9.17, 15) is 13.6 Å². The van der Waals surface area contributed by atoms with Gasteiger partial charge in [0.1, 0.15) is 6.61 Å². The van der Waals surface area contributed by atoms with Crippen LogP contribution in [0.5, 0.6) is 0 Å². The highest BCUT2D eigenvalue weighted by molar-refractivity contribution is 5.76. The number of halogens is 2. The number of rotatable bonds is 2. The molecule has 15 heavy (non-hydrogen) atoms. The van der Waals surface area contributed by atoms with Gasteiger partial charge in [-0.25, -0.2) is 4.79 Å². The molecule has 82 valence electrons. The van der Waals surface area contributed by atoms with Crippen molar-refractivity contribution >= 4 is 5.97 Å². The van der Waals surface area contributed by atoms with Crippen LogP contribution >= 0.6 is 0 Å². The van der Waals surface area contributed by atoms with E-state index in [4.69, 9.17) is 9.84 Å². The molecule has 0 aromatic carbocycles. The molecule has 2 heterocycles. The molecule has 2 rings (SSSR count). The van der Waals surface area contributed by atoms with E-state index in [1.54, 1.807) is 0 Å². The molecule has 0 atom stereocenters. The van der Waals surface area contributed by atoms with Gasteiger partial charge in [-0.3, -0.25) is 0 Å². The summed E-state index contributed by atoms with van der Waals surface area (Å²) < 4.78 is 32.3. The molecule has 1 N–H and O–H groups in total. The zero-order valence-corrected chi connectivity index (χ0v) is 7.48. The second-order valence-corrected chi connectivity index (χ2v) is 3.02. The quantitative estimate of drug-likeness (QED) is 0.756. The van der Waals surface area contributed by atoms with Gasteiger partial charge < -0.3 is 14.4 Å². The Hall–Kier alpha value is -1.57. The minimum atomic E-state index is -4.01. The van der Waals surface area contributed by atoms with Crippen LogP contribution in [0.25, 0.3) is 0 Å². The number of carboxylic acids is 1. The van der Waals surface area contributed by atoms with Crippen LogP contribution in [-0.4, -0.2) is 32.4 Å². The normalized spacial score (nSPS) is 16.1. The zero-order valence-electron chi connectivity index (χ0n) is 7.48. The van der Waals surface area contributed by atoms with Crippen LogP contribution in [0.4, 0.5) is 8.78 Å². The number of aromatic nitrogens is 3. The first-order valence-corrected chi connectivity index (χ1v) is 4.15. The largest absolute Gasteiger partial charge is 0.476 e. The van der Waals surface area contributed by atoms with Crippen LogP contribution in [0.15, 0.2) is 0 Å². The number of hydrogen-bond donors (Lipinski definition) is 1. The lowest BCUT2D eigenvalue weighted by molar-refractivity contribution is -0.168. The molecule has 1 aromatic heterocycles. The topological polar surface area (TPSA) is 77.2 Å². The van der Waals surface area contributed by atoms with E-state index < -0.39 is 17.7 Å². The summed E-state index contributed by atoms with van der Waals surface area (Å²) in [5, 5.41) is 15.0. The molecular weight excluding hydrogens is 212 g/mol. The number of aliphatic carboxylic acids is 1. The Morgan fingerprint density at radius 3 is 2.93 bits per heavy atom. The lowest BCUT2D eigenvalue weighted by Crippen LogP contribution is -2.31. The van der Waals surface area contributed by atoms with Crippen LogP contribution < -0.4 is 0 Å². The summed E-state index contributed by atoms with van der Waals surface area (Å²) in [7, 11) is 0. The number of carboxylic acid groups (broad SMARTS) is 1. The monoisotopic (exact) mass is 219 g/mol. The van der Waals surface area contributed by atoms with Crippen molar-refractivity contribution in [1.82, 2.24) is 14.8 Å². The molecule has 0 unspecified atom stereocenters. The van der Waals surface area contributed by atoms with Gasteiger partial charge in [-0.2, -0.15) is 8.78 Å². The third-order valence-electron chi connectivity index (χ3n) is 2.07. The summed E-state index contributed by atoms with van der Waals surface area (Å²) in [6.45, 7) is 0.455. The summed E-state index contributed by atoms with van der Waals surface area (Å²) in [5.74, 6) is -6.86. The molecule has 0 spiro atoms. The molecule has 6 nitrogen and oxygen atoms in total. The van der Waals surface area contributed by atoms with E-state index in [0.29, 0.717) is 0 Å². The average Bonchev–Trinajstić information content (AvgIpc) is 2.61. The first-order chi connectivity index (χ1) is 7.03. The van der Waals surface area contributed by atoms with Gasteiger partial charge in [0.25, 0.3) is 0 Å². The molecular formula is C7H7F2N3O3. The van der Waals surface area contributed by atoms with Crippen molar-refractivity contribution in [2.75, 3.05) is 6.61 Å². The summed E-state index contributed by atoms with van der Waals surface area (Å²) >= 11 is 0. The van der Waals surface area contributed by atoms with E-state index in [0.717, 1.165) is 4.57 Å². The maximum absolute atomic E-state index is 13.1. The molecule has 8 heteroatoms. The van der Waals surface area contributed by atoms with Gasteiger partial charge in [0.05, 0.1) is 6.61 Å². The molecule has 1 aliphatic rings. The van der Waals surface area contributed by atoms with Crippen LogP contribution in [0.2, 0.25) is 0 Å². The molecule has 1 aromatic rings. The summed E-state index contributed by atoms with van der Waals surface area (Å²) in [4.78, 5) is 10.3. The van der Waals surface area contributed by atoms with Crippen molar-refractivity contribution < 1.29 is 23.4 Å². The van der Waals surface area contributed by atoms with E-state index >= 15 is 0 Å². The number of hydrogen-bond acceptors (Lipinski definition) is 4. The minimum Gasteiger partial charge on any atom is -0.476 e. The van der Waals surface area contributed by atoms with Crippen LogP contribution in [-0.2, 0) is 28.6 Å². The first kappa shape index (κ1) is 9.97. The Balaban J connectivity index is 2.45. The number of ether oxygens (including phenoxy) is 1. The fourth-order valence-electron chi connectivity index (χ4n) is 1.32. The standard InChI is InChI=1S/C7H7F2N3O3/c8-7(9,6(13)14)5-11-10-4-3-15-2-1-12(4)5/h1-3H2,(H,13,14). The second kappa shape index (κ2) is 3.23. The van der Waals surface area contributed by atoms with Crippen LogP contribution in [0, 0.1) is 0 Å². The van der Waals surface area contributed by atoms with Gasteiger partial charge in [-0.05, 0) is 0 Å². The fourth-order valence-corrected chi connectivity index (χ4v) is 1.32. The summed E-state index contributed by atoms with van der Waals surface area (Å²) in [6.07, 6.45) is 0. The van der Waals surface area contributed by atoms with Gasteiger partial charge in [0.2, 0.25) is 5.82 Å². The Morgan fingerprint density at radius 2 is 2.27 bits per heavy atom. The smallest absolute Gasteiger partial charge is 0.401 e. The van der Waals surface area contributed by atoms with Gasteiger partial charge in [0, 0.05) is 6.54 Å². The molecule has 0 bridgehead atoms. The van der Waals surface area contributed by atoms with Gasteiger partial charge >= 0.3 is 11.9 Å². The Kier molecular flexibility index (Phi) is 2.14. The predicted molar refractivity (Wildman–Crippen MR) is 41.2 cm³/mol. The Morgan fingerprint density at radius 1 is 1.53 bits per heavy atom. The number of carbonyl (C=O) groups is 1. The number of fused-ring (bicyclic) bond motifs is 1. The maximum atomic E-state index is 13.1. The van der Waals surface area contributed by atoms with Crippen molar-refractivity contribution in [3.63, 3.8) is 0 Å². The van der Waals surface area contributed by atoms with E-state index in [-0.39, 0.29) is 25.6 Å². The maximum Gasteiger partial charge on any atom is 0.401 e. The molecule has 1 aliphatic heterocycles. The lowest BCUT2D eigenvalue weighted by atomic mass is 10.3. The highest BCUT2D eigenvalue weighted by Crippen LogP contribution is 2.28. The number of alkyl halides is 2. The molecule has 0 saturated heterocycles. The molecule has 0 saturated carbocycles. The summed E-state index contributed by atoms with van der Waals surface area (Å²) in [6, 6.07) is 0. The zero-order chi connectivity index (χ0) is 11.1. The third-order valence-corrected chi connectivity index (χ3v) is 2.07. The minimum absolute atomic E-state index is 0.0721. The van der Waals surface area contributed by atoms with Crippen molar-refractivity contribution in [2.45, 2.75) is 19.1 Å². The summed E-state index contributed by atoms with van der Waals surface area (Å²) in [5.41, 5.74) is 0. The SMILES string of the molecule is O=C(O)C(F)(F)c1nnc2n1CCOC2. The Bertz CT molecular complexity index is 404.